The summed E-state index contributed by atoms with van der Waals surface area (Å²) in [6.07, 6.45) is 0.660. The first-order chi connectivity index (χ1) is 9.52. The van der Waals surface area contributed by atoms with Crippen LogP contribution < -0.4 is 11.3 Å². The molecule has 4 heteroatoms. The number of hydrogen-bond acceptors (Lipinski definition) is 2. The van der Waals surface area contributed by atoms with Gasteiger partial charge in [-0.05, 0) is 43.0 Å². The Kier molecular flexibility index (Phi) is 4.76. The van der Waals surface area contributed by atoms with Crippen LogP contribution in [0.3, 0.4) is 0 Å². The molecule has 1 unspecified atom stereocenters. The highest BCUT2D eigenvalue weighted by atomic mass is 35.5. The summed E-state index contributed by atoms with van der Waals surface area (Å²) in [7, 11) is 0. The third kappa shape index (κ3) is 3.18. The number of rotatable bonds is 4. The molecule has 2 nitrogen and oxygen atoms in total. The van der Waals surface area contributed by atoms with E-state index in [0.29, 0.717) is 12.0 Å². The Bertz CT molecular complexity index is 613. The van der Waals surface area contributed by atoms with Crippen LogP contribution in [-0.4, -0.2) is 0 Å². The van der Waals surface area contributed by atoms with Crippen molar-refractivity contribution in [1.82, 2.24) is 5.43 Å². The van der Waals surface area contributed by atoms with Gasteiger partial charge in [-0.15, -0.1) is 0 Å². The van der Waals surface area contributed by atoms with Gasteiger partial charge in [-0.25, -0.2) is 4.39 Å². The van der Waals surface area contributed by atoms with Crippen molar-refractivity contribution in [3.8, 4) is 0 Å². The average Bonchev–Trinajstić information content (AvgIpc) is 2.43. The molecule has 0 aliphatic rings. The number of hydrazine groups is 1. The standard InChI is InChI=1S/C16H18ClFN2/c1-10-6-7-11(2)12(8-10)9-15(20-19)13-4-3-5-14(18)16(13)17/h3-8,15,20H,9,19H2,1-2H3. The fraction of sp³-hybridized carbons (Fsp3) is 0.250. The van der Waals surface area contributed by atoms with Crippen molar-refractivity contribution < 1.29 is 4.39 Å². The predicted octanol–water partition coefficient (Wildman–Crippen LogP) is 3.84. The van der Waals surface area contributed by atoms with Gasteiger partial charge < -0.3 is 0 Å². The molecular formula is C16H18ClFN2. The van der Waals surface area contributed by atoms with Crippen LogP contribution in [0.25, 0.3) is 0 Å². The summed E-state index contributed by atoms with van der Waals surface area (Å²) < 4.78 is 13.6. The molecule has 2 rings (SSSR count). The monoisotopic (exact) mass is 292 g/mol. The molecule has 0 spiro atoms. The molecule has 0 aromatic heterocycles. The molecule has 0 fully saturated rings. The van der Waals surface area contributed by atoms with Gasteiger partial charge in [0, 0.05) is 0 Å². The van der Waals surface area contributed by atoms with Crippen LogP contribution in [0.2, 0.25) is 5.02 Å². The molecule has 2 aromatic rings. The maximum Gasteiger partial charge on any atom is 0.142 e. The molecule has 0 bridgehead atoms. The molecule has 20 heavy (non-hydrogen) atoms. The minimum atomic E-state index is -0.426. The predicted molar refractivity (Wildman–Crippen MR) is 81.1 cm³/mol. The maximum atomic E-state index is 13.6. The van der Waals surface area contributed by atoms with Gasteiger partial charge in [-0.3, -0.25) is 11.3 Å². The van der Waals surface area contributed by atoms with Crippen molar-refractivity contribution in [3.63, 3.8) is 0 Å². The summed E-state index contributed by atoms with van der Waals surface area (Å²) in [6.45, 7) is 4.10. The number of nitrogens with one attached hydrogen (secondary N) is 1. The number of nitrogens with two attached hydrogens (primary N) is 1. The summed E-state index contributed by atoms with van der Waals surface area (Å²) >= 11 is 6.03. The normalized spacial score (nSPS) is 12.4. The molecule has 3 N–H and O–H groups in total. The smallest absolute Gasteiger partial charge is 0.142 e. The average molecular weight is 293 g/mol. The topological polar surface area (TPSA) is 38.0 Å². The number of aryl methyl sites for hydroxylation is 2. The highest BCUT2D eigenvalue weighted by molar-refractivity contribution is 6.31. The van der Waals surface area contributed by atoms with E-state index in [1.165, 1.54) is 22.8 Å². The van der Waals surface area contributed by atoms with Crippen LogP contribution in [0.5, 0.6) is 0 Å². The van der Waals surface area contributed by atoms with E-state index in [4.69, 9.17) is 17.4 Å². The second-order valence-corrected chi connectivity index (χ2v) is 5.37. The van der Waals surface area contributed by atoms with Crippen LogP contribution in [0.1, 0.15) is 28.3 Å². The second-order valence-electron chi connectivity index (χ2n) is 5.00. The zero-order valence-corrected chi connectivity index (χ0v) is 12.3. The van der Waals surface area contributed by atoms with E-state index in [9.17, 15) is 4.39 Å². The van der Waals surface area contributed by atoms with Crippen molar-refractivity contribution >= 4 is 11.6 Å². The zero-order valence-electron chi connectivity index (χ0n) is 11.6. The van der Waals surface area contributed by atoms with Gasteiger partial charge in [-0.2, -0.15) is 0 Å². The fourth-order valence-electron chi connectivity index (χ4n) is 2.29. The molecule has 0 saturated heterocycles. The van der Waals surface area contributed by atoms with Crippen LogP contribution in [0.4, 0.5) is 4.39 Å². The Morgan fingerprint density at radius 3 is 2.70 bits per heavy atom. The van der Waals surface area contributed by atoms with Crippen LogP contribution >= 0.6 is 11.6 Å². The van der Waals surface area contributed by atoms with Gasteiger partial charge in [0.25, 0.3) is 0 Å². The molecule has 106 valence electrons. The van der Waals surface area contributed by atoms with Gasteiger partial charge in [0.15, 0.2) is 0 Å². The minimum Gasteiger partial charge on any atom is -0.271 e. The lowest BCUT2D eigenvalue weighted by Gasteiger charge is -2.19. The molecule has 2 aromatic carbocycles. The summed E-state index contributed by atoms with van der Waals surface area (Å²) in [5, 5.41) is 0.126. The first-order valence-corrected chi connectivity index (χ1v) is 6.87. The van der Waals surface area contributed by atoms with E-state index in [-0.39, 0.29) is 11.1 Å². The first-order valence-electron chi connectivity index (χ1n) is 6.49. The lowest BCUT2D eigenvalue weighted by atomic mass is 9.95. The van der Waals surface area contributed by atoms with Gasteiger partial charge in [0.1, 0.15) is 5.82 Å². The third-order valence-electron chi connectivity index (χ3n) is 3.49. The summed E-state index contributed by atoms with van der Waals surface area (Å²) in [5.74, 6) is 5.20. The van der Waals surface area contributed by atoms with E-state index in [1.807, 2.05) is 6.92 Å². The van der Waals surface area contributed by atoms with Crippen molar-refractivity contribution in [1.29, 1.82) is 0 Å². The Morgan fingerprint density at radius 2 is 2.00 bits per heavy atom. The highest BCUT2D eigenvalue weighted by Gasteiger charge is 2.17. The highest BCUT2D eigenvalue weighted by Crippen LogP contribution is 2.28. The summed E-state index contributed by atoms with van der Waals surface area (Å²) in [5.41, 5.74) is 6.95. The number of halogens is 2. The third-order valence-corrected chi connectivity index (χ3v) is 3.89. The molecule has 0 amide bonds. The van der Waals surface area contributed by atoms with Crippen molar-refractivity contribution in [3.05, 3.63) is 69.5 Å². The zero-order chi connectivity index (χ0) is 14.7. The Morgan fingerprint density at radius 1 is 1.25 bits per heavy atom. The van der Waals surface area contributed by atoms with Gasteiger partial charge in [0.2, 0.25) is 0 Å². The second kappa shape index (κ2) is 6.35. The number of hydrogen-bond donors (Lipinski definition) is 2. The van der Waals surface area contributed by atoms with Crippen molar-refractivity contribution in [2.75, 3.05) is 0 Å². The van der Waals surface area contributed by atoms with E-state index in [1.54, 1.807) is 12.1 Å². The first kappa shape index (κ1) is 15.0. The van der Waals surface area contributed by atoms with Crippen LogP contribution in [0.15, 0.2) is 36.4 Å². The van der Waals surface area contributed by atoms with Crippen molar-refractivity contribution in [2.24, 2.45) is 5.84 Å². The van der Waals surface area contributed by atoms with Crippen molar-refractivity contribution in [2.45, 2.75) is 26.3 Å². The van der Waals surface area contributed by atoms with E-state index >= 15 is 0 Å². The summed E-state index contributed by atoms with van der Waals surface area (Å²) in [4.78, 5) is 0. The van der Waals surface area contributed by atoms with Gasteiger partial charge in [0.05, 0.1) is 11.1 Å². The fourth-order valence-corrected chi connectivity index (χ4v) is 2.55. The molecule has 0 radical (unpaired) electrons. The Hall–Kier alpha value is -1.42. The molecule has 1 atom stereocenters. The van der Waals surface area contributed by atoms with Crippen LogP contribution in [0, 0.1) is 19.7 Å². The lowest BCUT2D eigenvalue weighted by Crippen LogP contribution is -2.30. The molecule has 0 heterocycles. The van der Waals surface area contributed by atoms with E-state index in [2.05, 4.69) is 30.5 Å². The minimum absolute atomic E-state index is 0.126. The van der Waals surface area contributed by atoms with Gasteiger partial charge in [-0.1, -0.05) is 47.5 Å². The van der Waals surface area contributed by atoms with Crippen LogP contribution in [-0.2, 0) is 6.42 Å². The van der Waals surface area contributed by atoms with E-state index < -0.39 is 5.82 Å². The largest absolute Gasteiger partial charge is 0.271 e. The SMILES string of the molecule is Cc1ccc(C)c(CC(NN)c2cccc(F)c2Cl)c1. The lowest BCUT2D eigenvalue weighted by molar-refractivity contribution is 0.543. The molecule has 0 aliphatic heterocycles. The van der Waals surface area contributed by atoms with Gasteiger partial charge >= 0.3 is 0 Å². The molecular weight excluding hydrogens is 275 g/mol. The Labute approximate surface area is 123 Å². The quantitative estimate of drug-likeness (QED) is 0.664. The maximum absolute atomic E-state index is 13.6. The molecule has 0 saturated carbocycles. The Balaban J connectivity index is 2.34. The summed E-state index contributed by atoms with van der Waals surface area (Å²) in [6, 6.07) is 10.8. The number of benzene rings is 2. The molecule has 0 aliphatic carbocycles. The van der Waals surface area contributed by atoms with E-state index in [0.717, 1.165) is 0 Å².